The summed E-state index contributed by atoms with van der Waals surface area (Å²) >= 11 is 13.4. The molecule has 0 aliphatic carbocycles. The van der Waals surface area contributed by atoms with Gasteiger partial charge >= 0.3 is 263 Å². The minimum absolute atomic E-state index is 0.0291. The second-order valence-corrected chi connectivity index (χ2v) is 20.9. The van der Waals surface area contributed by atoms with E-state index >= 15 is 0 Å². The number of methoxy groups -OCH3 is 2. The van der Waals surface area contributed by atoms with Crippen molar-refractivity contribution in [2.45, 2.75) is 146 Å². The first-order valence-corrected chi connectivity index (χ1v) is 25.5. The Hall–Kier alpha value is -4.36. The van der Waals surface area contributed by atoms with Crippen molar-refractivity contribution in [2.24, 2.45) is 0 Å². The third-order valence-corrected chi connectivity index (χ3v) is 15.9. The second-order valence-electron chi connectivity index (χ2n) is 17.6. The molecule has 3 aliphatic rings. The number of nitrogens with zero attached hydrogens (tertiary/aromatic N) is 1. The molecule has 0 amide bonds. The molecule has 3 aliphatic heterocycles. The number of benzene rings is 4. The fourth-order valence-electron chi connectivity index (χ4n) is 9.18. The molecule has 7 rings (SSSR count). The van der Waals surface area contributed by atoms with E-state index in [1.54, 1.807) is 20.8 Å². The summed E-state index contributed by atoms with van der Waals surface area (Å²) in [6.07, 6.45) is -10.6. The Labute approximate surface area is 424 Å². The van der Waals surface area contributed by atoms with E-state index in [2.05, 4.69) is 0 Å². The molecule has 3 heterocycles. The topological polar surface area (TPSA) is 179 Å². The van der Waals surface area contributed by atoms with Gasteiger partial charge in [-0.3, -0.25) is 10.1 Å². The van der Waals surface area contributed by atoms with Gasteiger partial charge in [0.15, 0.2) is 17.6 Å². The molecular weight excluding hydrogens is 1020 g/mol. The van der Waals surface area contributed by atoms with Crippen molar-refractivity contribution in [1.82, 2.24) is 0 Å². The van der Waals surface area contributed by atoms with Gasteiger partial charge < -0.3 is 14.2 Å². The summed E-state index contributed by atoms with van der Waals surface area (Å²) in [7, 11) is 2.75. The van der Waals surface area contributed by atoms with E-state index in [9.17, 15) is 19.7 Å². The number of hydrogen-bond acceptors (Lipinski definition) is 15. The third-order valence-electron chi connectivity index (χ3n) is 12.6. The summed E-state index contributed by atoms with van der Waals surface area (Å²) in [5.41, 5.74) is 0.350. The number of hydrogen-bond donors (Lipinski definition) is 0. The SMILES string of the molecule is COc1c(Cl)c(OCc2ccccc2)c(Cl)c(C)c1C(=O)O[C@@H]1[C@@H](C)O[C@@H](O[C@H]2[C@H](OCc3ccccc3)[C@@H](OC(C)=O)[C@H]([Se]c3ccccc3)O[C@@H]2C)C[C@H]1O[C@H]1C[C@](C)([N+](=O)[O-])[C@@H](OC)[C@H](C)O1. The molecule has 70 heavy (non-hydrogen) atoms. The van der Waals surface area contributed by atoms with Gasteiger partial charge in [0, 0.05) is 19.0 Å². The molecular formula is C51H59Cl2NO15Se. The Bertz CT molecular complexity index is 2410. The van der Waals surface area contributed by atoms with Crippen LogP contribution in [-0.4, -0.2) is 124 Å². The third kappa shape index (κ3) is 12.3. The molecule has 0 radical (unpaired) electrons. The maximum atomic E-state index is 14.6. The van der Waals surface area contributed by atoms with Gasteiger partial charge in [-0.25, -0.2) is 0 Å². The van der Waals surface area contributed by atoms with Crippen LogP contribution in [0, 0.1) is 17.0 Å². The van der Waals surface area contributed by atoms with Gasteiger partial charge in [-0.15, -0.1) is 0 Å². The van der Waals surface area contributed by atoms with Crippen LogP contribution in [0.1, 0.15) is 74.5 Å². The number of rotatable bonds is 18. The molecule has 0 N–H and O–H groups in total. The Morgan fingerprint density at radius 3 is 1.96 bits per heavy atom. The first-order chi connectivity index (χ1) is 33.5. The number of carbonyl (C=O) groups excluding carboxylic acids is 2. The van der Waals surface area contributed by atoms with Crippen LogP contribution in [0.5, 0.6) is 11.5 Å². The molecule has 4 aromatic rings. The average molecular weight is 1080 g/mol. The molecule has 19 heteroatoms. The van der Waals surface area contributed by atoms with E-state index in [1.165, 1.54) is 28.1 Å². The van der Waals surface area contributed by atoms with Gasteiger partial charge in [0.05, 0.1) is 12.1 Å². The fourth-order valence-corrected chi connectivity index (χ4v) is 12.2. The van der Waals surface area contributed by atoms with Crippen molar-refractivity contribution in [3.8, 4) is 11.5 Å². The predicted molar refractivity (Wildman–Crippen MR) is 258 cm³/mol. The zero-order valence-corrected chi connectivity index (χ0v) is 43.4. The molecule has 0 aromatic heterocycles. The zero-order valence-electron chi connectivity index (χ0n) is 40.2. The van der Waals surface area contributed by atoms with Gasteiger partial charge in [-0.05, 0) is 25.0 Å². The Morgan fingerprint density at radius 2 is 1.36 bits per heavy atom. The summed E-state index contributed by atoms with van der Waals surface area (Å²) in [6, 6.07) is 28.8. The molecule has 3 fully saturated rings. The van der Waals surface area contributed by atoms with E-state index in [1.807, 2.05) is 97.9 Å². The molecule has 0 spiro atoms. The standard InChI is InChI=1S/C51H59Cl2NO15Se/c1-28-39(44(59-7)41(53)45(40(28)52)61-26-33-18-12-9-13-19-33)49(56)69-42-29(2)63-37(24-36(42)67-38-25-51(6,54(57)58)48(60-8)31(4)64-38)68-43-30(3)65-50(70-35-22-16-11-17-23-35)47(66-32(5)55)46(43)62-27-34-20-14-10-15-21-34/h9-23,29-31,36-38,42-43,46-48,50H,24-27H2,1-8H3/t29-,30-,31+,36-,37+,38+,42-,43-,46+,47-,48+,50+,51+/m1/s1. The molecule has 16 nitrogen and oxygen atoms in total. The summed E-state index contributed by atoms with van der Waals surface area (Å²) in [6.45, 7) is 9.95. The van der Waals surface area contributed by atoms with Crippen LogP contribution in [0.25, 0.3) is 0 Å². The Kier molecular flexibility index (Phi) is 18.3. The maximum absolute atomic E-state index is 14.6. The monoisotopic (exact) mass is 1080 g/mol. The van der Waals surface area contributed by atoms with Crippen molar-refractivity contribution >= 4 is 54.6 Å². The van der Waals surface area contributed by atoms with E-state index in [0.717, 1.165) is 15.6 Å². The van der Waals surface area contributed by atoms with Crippen molar-refractivity contribution in [3.63, 3.8) is 0 Å². The van der Waals surface area contributed by atoms with Crippen LogP contribution in [0.3, 0.4) is 0 Å². The van der Waals surface area contributed by atoms with Crippen LogP contribution < -0.4 is 13.9 Å². The molecule has 0 saturated carbocycles. The van der Waals surface area contributed by atoms with Crippen LogP contribution in [0.15, 0.2) is 91.0 Å². The van der Waals surface area contributed by atoms with Gasteiger partial charge in [-0.2, -0.15) is 0 Å². The van der Waals surface area contributed by atoms with Gasteiger partial charge in [0.2, 0.25) is 0 Å². The second kappa shape index (κ2) is 23.9. The number of halogens is 2. The molecule has 0 unspecified atom stereocenters. The minimum atomic E-state index is -1.61. The summed E-state index contributed by atoms with van der Waals surface area (Å²) in [4.78, 5) is 39.6. The van der Waals surface area contributed by atoms with Crippen molar-refractivity contribution in [2.75, 3.05) is 14.2 Å². The quantitative estimate of drug-likeness (QED) is 0.0408. The number of ether oxygens (including phenoxy) is 11. The number of carbonyl (C=O) groups is 2. The van der Waals surface area contributed by atoms with Crippen molar-refractivity contribution < 1.29 is 66.6 Å². The number of nitro groups is 1. The van der Waals surface area contributed by atoms with Crippen molar-refractivity contribution in [3.05, 3.63) is 133 Å². The zero-order chi connectivity index (χ0) is 50.3. The summed E-state index contributed by atoms with van der Waals surface area (Å²) in [5.74, 6) is -1.30. The van der Waals surface area contributed by atoms with Crippen LogP contribution >= 0.6 is 23.2 Å². The van der Waals surface area contributed by atoms with E-state index in [-0.39, 0.29) is 73.7 Å². The van der Waals surface area contributed by atoms with Crippen LogP contribution in [0.2, 0.25) is 10.0 Å². The summed E-state index contributed by atoms with van der Waals surface area (Å²) in [5, 5.41) is 12.1. The van der Waals surface area contributed by atoms with Crippen molar-refractivity contribution in [1.29, 1.82) is 0 Å². The van der Waals surface area contributed by atoms with Crippen LogP contribution in [0.4, 0.5) is 0 Å². The molecule has 0 bridgehead atoms. The van der Waals surface area contributed by atoms with Gasteiger partial charge in [0.25, 0.3) is 0 Å². The first kappa shape index (κ1) is 53.4. The molecule has 378 valence electrons. The molecule has 4 aromatic carbocycles. The fraction of sp³-hybridized carbons (Fsp3) is 0.490. The van der Waals surface area contributed by atoms with E-state index < -0.39 is 94.9 Å². The predicted octanol–water partition coefficient (Wildman–Crippen LogP) is 7.80. The summed E-state index contributed by atoms with van der Waals surface area (Å²) < 4.78 is 70.4. The molecule has 3 saturated heterocycles. The number of esters is 2. The molecule has 13 atom stereocenters. The Morgan fingerprint density at radius 1 is 0.757 bits per heavy atom. The Balaban J connectivity index is 1.20. The first-order valence-electron chi connectivity index (χ1n) is 22.9. The average Bonchev–Trinajstić information content (AvgIpc) is 3.33. The van der Waals surface area contributed by atoms with Gasteiger partial charge in [-0.1, -0.05) is 53.5 Å². The normalized spacial score (nSPS) is 30.0. The van der Waals surface area contributed by atoms with E-state index in [0.29, 0.717) is 0 Å². The van der Waals surface area contributed by atoms with Crippen LogP contribution in [-0.2, 0) is 60.6 Å². The van der Waals surface area contributed by atoms with E-state index in [4.69, 9.17) is 75.3 Å². The van der Waals surface area contributed by atoms with Gasteiger partial charge in [0.1, 0.15) is 11.6 Å².